The van der Waals surface area contributed by atoms with E-state index < -0.39 is 26.5 Å². The smallest absolute Gasteiger partial charge is 0.462 e. The van der Waals surface area contributed by atoms with Crippen molar-refractivity contribution in [3.63, 3.8) is 0 Å². The van der Waals surface area contributed by atoms with Crippen LogP contribution in [-0.4, -0.2) is 49.3 Å². The van der Waals surface area contributed by atoms with Gasteiger partial charge >= 0.3 is 19.8 Å². The molecule has 0 aliphatic carbocycles. The second kappa shape index (κ2) is 52.4. The molecule has 0 aromatic carbocycles. The van der Waals surface area contributed by atoms with Crippen molar-refractivity contribution in [2.24, 2.45) is 5.73 Å². The van der Waals surface area contributed by atoms with E-state index in [0.29, 0.717) is 6.42 Å². The number of unbranched alkanes of at least 4 members (excludes halogenated alkanes) is 42. The summed E-state index contributed by atoms with van der Waals surface area (Å²) in [5.74, 6) is -0.802. The van der Waals surface area contributed by atoms with E-state index in [4.69, 9.17) is 24.3 Å². The van der Waals surface area contributed by atoms with Gasteiger partial charge in [-0.1, -0.05) is 284 Å². The zero-order valence-electron chi connectivity index (χ0n) is 43.3. The Hall–Kier alpha value is -0.990. The van der Waals surface area contributed by atoms with E-state index in [0.717, 1.165) is 32.1 Å². The van der Waals surface area contributed by atoms with Gasteiger partial charge in [0.1, 0.15) is 6.61 Å². The number of phosphoric acid groups is 1. The first kappa shape index (κ1) is 64.0. The fourth-order valence-corrected chi connectivity index (χ4v) is 9.52. The third-order valence-corrected chi connectivity index (χ3v) is 14.0. The summed E-state index contributed by atoms with van der Waals surface area (Å²) in [4.78, 5) is 35.1. The fourth-order valence-electron chi connectivity index (χ4n) is 8.76. The summed E-state index contributed by atoms with van der Waals surface area (Å²) in [7, 11) is -4.38. The highest BCUT2D eigenvalue weighted by atomic mass is 31.2. The number of carbonyl (C=O) groups excluding carboxylic acids is 2. The second-order valence-corrected chi connectivity index (χ2v) is 21.0. The first-order valence-electron chi connectivity index (χ1n) is 28.5. The number of esters is 2. The van der Waals surface area contributed by atoms with Crippen LogP contribution in [0.3, 0.4) is 0 Å². The van der Waals surface area contributed by atoms with E-state index in [-0.39, 0.29) is 38.6 Å². The lowest BCUT2D eigenvalue weighted by atomic mass is 10.0. The number of hydrogen-bond acceptors (Lipinski definition) is 8. The number of hydrogen-bond donors (Lipinski definition) is 2. The van der Waals surface area contributed by atoms with Gasteiger partial charge in [-0.25, -0.2) is 4.57 Å². The first-order chi connectivity index (χ1) is 31.8. The van der Waals surface area contributed by atoms with Gasteiger partial charge in [0.2, 0.25) is 0 Å². The Morgan fingerprint density at radius 1 is 0.400 bits per heavy atom. The van der Waals surface area contributed by atoms with Crippen LogP contribution in [0, 0.1) is 0 Å². The van der Waals surface area contributed by atoms with E-state index in [2.05, 4.69) is 13.8 Å². The van der Waals surface area contributed by atoms with Crippen molar-refractivity contribution in [2.75, 3.05) is 26.4 Å². The lowest BCUT2D eigenvalue weighted by molar-refractivity contribution is -0.161. The molecule has 10 heteroatoms. The molecule has 0 fully saturated rings. The molecule has 0 amide bonds. The van der Waals surface area contributed by atoms with Crippen molar-refractivity contribution < 1.29 is 37.6 Å². The van der Waals surface area contributed by atoms with Gasteiger partial charge in [0.25, 0.3) is 0 Å². The van der Waals surface area contributed by atoms with Crippen LogP contribution >= 0.6 is 7.82 Å². The van der Waals surface area contributed by atoms with Crippen LogP contribution in [0.15, 0.2) is 0 Å². The lowest BCUT2D eigenvalue weighted by Crippen LogP contribution is -2.29. The highest BCUT2D eigenvalue weighted by Gasteiger charge is 2.26. The maximum absolute atomic E-state index is 12.7. The molecule has 0 saturated carbocycles. The zero-order chi connectivity index (χ0) is 47.4. The van der Waals surface area contributed by atoms with Crippen LogP contribution < -0.4 is 5.73 Å². The minimum Gasteiger partial charge on any atom is -0.462 e. The summed E-state index contributed by atoms with van der Waals surface area (Å²) < 4.78 is 33.0. The quantitative estimate of drug-likeness (QED) is 0.0347. The predicted octanol–water partition coefficient (Wildman–Crippen LogP) is 17.5. The number of rotatable bonds is 55. The van der Waals surface area contributed by atoms with Gasteiger partial charge in [0, 0.05) is 19.4 Å². The summed E-state index contributed by atoms with van der Waals surface area (Å²) in [6, 6.07) is 0. The Bertz CT molecular complexity index is 1030. The van der Waals surface area contributed by atoms with E-state index >= 15 is 0 Å². The van der Waals surface area contributed by atoms with E-state index in [9.17, 15) is 19.0 Å². The van der Waals surface area contributed by atoms with Crippen LogP contribution in [0.4, 0.5) is 0 Å². The van der Waals surface area contributed by atoms with Crippen LogP contribution in [-0.2, 0) is 32.7 Å². The molecular formula is C55H110NO8P. The maximum atomic E-state index is 12.7. The molecule has 0 aliphatic rings. The average molecular weight is 944 g/mol. The maximum Gasteiger partial charge on any atom is 0.472 e. The van der Waals surface area contributed by atoms with Crippen molar-refractivity contribution in [3.8, 4) is 0 Å². The number of nitrogens with two attached hydrogens (primary N) is 1. The molecule has 9 nitrogen and oxygen atoms in total. The van der Waals surface area contributed by atoms with E-state index in [1.165, 1.54) is 244 Å². The molecule has 0 heterocycles. The first-order valence-corrected chi connectivity index (χ1v) is 30.0. The topological polar surface area (TPSA) is 134 Å². The molecule has 2 atom stereocenters. The van der Waals surface area contributed by atoms with Crippen LogP contribution in [0.5, 0.6) is 0 Å². The highest BCUT2D eigenvalue weighted by Crippen LogP contribution is 2.43. The van der Waals surface area contributed by atoms with Crippen molar-refractivity contribution >= 4 is 19.8 Å². The molecule has 3 N–H and O–H groups in total. The van der Waals surface area contributed by atoms with Gasteiger partial charge in [-0.15, -0.1) is 0 Å². The largest absolute Gasteiger partial charge is 0.472 e. The third-order valence-electron chi connectivity index (χ3n) is 13.0. The third kappa shape index (κ3) is 52.2. The molecule has 0 aromatic heterocycles. The zero-order valence-corrected chi connectivity index (χ0v) is 44.2. The standard InChI is InChI=1S/C55H110NO8P/c1-3-5-7-9-11-13-15-17-19-21-23-25-26-28-30-32-34-36-38-40-42-44-46-48-55(58)64-53(52-63-65(59,60)62-50-49-56)51-61-54(57)47-45-43-41-39-37-35-33-31-29-27-24-22-20-18-16-14-12-10-8-6-4-2/h53H,3-52,56H2,1-2H3,(H,59,60)/t53-/m1/s1. The minimum absolute atomic E-state index is 0.0586. The van der Waals surface area contributed by atoms with Crippen molar-refractivity contribution in [2.45, 2.75) is 315 Å². The van der Waals surface area contributed by atoms with Crippen LogP contribution in [0.1, 0.15) is 309 Å². The predicted molar refractivity (Wildman–Crippen MR) is 275 cm³/mol. The van der Waals surface area contributed by atoms with Crippen LogP contribution in [0.2, 0.25) is 0 Å². The SMILES string of the molecule is CCCCCCCCCCCCCCCCCCCCCCCCCC(=O)O[C@H](COC(=O)CCCCCCCCCCCCCCCCCCCCCCC)COP(=O)(O)OCCN. The van der Waals surface area contributed by atoms with Crippen molar-refractivity contribution in [1.82, 2.24) is 0 Å². The Kier molecular flexibility index (Phi) is 51.6. The van der Waals surface area contributed by atoms with E-state index in [1.54, 1.807) is 0 Å². The summed E-state index contributed by atoms with van der Waals surface area (Å²) >= 11 is 0. The van der Waals surface area contributed by atoms with Gasteiger partial charge in [-0.3, -0.25) is 18.6 Å². The molecule has 0 spiro atoms. The lowest BCUT2D eigenvalue weighted by Gasteiger charge is -2.19. The molecule has 0 aliphatic heterocycles. The molecule has 0 saturated heterocycles. The Balaban J connectivity index is 3.92. The fraction of sp³-hybridized carbons (Fsp3) is 0.964. The summed E-state index contributed by atoms with van der Waals surface area (Å²) in [6.45, 7) is 3.82. The molecule has 388 valence electrons. The second-order valence-electron chi connectivity index (χ2n) is 19.5. The normalized spacial score (nSPS) is 13.0. The molecule has 0 rings (SSSR count). The molecular weight excluding hydrogens is 834 g/mol. The van der Waals surface area contributed by atoms with Gasteiger partial charge < -0.3 is 20.1 Å². The van der Waals surface area contributed by atoms with Crippen molar-refractivity contribution in [1.29, 1.82) is 0 Å². The molecule has 65 heavy (non-hydrogen) atoms. The molecule has 0 aromatic rings. The van der Waals surface area contributed by atoms with E-state index in [1.807, 2.05) is 0 Å². The summed E-state index contributed by atoms with van der Waals surface area (Å²) in [6.07, 6.45) is 57.3. The molecule has 0 radical (unpaired) electrons. The number of phosphoric ester groups is 1. The van der Waals surface area contributed by atoms with Gasteiger partial charge in [-0.05, 0) is 12.8 Å². The Morgan fingerprint density at radius 3 is 0.938 bits per heavy atom. The Morgan fingerprint density at radius 2 is 0.662 bits per heavy atom. The van der Waals surface area contributed by atoms with Gasteiger partial charge in [0.05, 0.1) is 13.2 Å². The number of ether oxygens (including phenoxy) is 2. The Labute approximate surface area is 403 Å². The molecule has 1 unspecified atom stereocenters. The highest BCUT2D eigenvalue weighted by molar-refractivity contribution is 7.47. The average Bonchev–Trinajstić information content (AvgIpc) is 3.30. The summed E-state index contributed by atoms with van der Waals surface area (Å²) in [5, 5.41) is 0. The van der Waals surface area contributed by atoms with Crippen molar-refractivity contribution in [3.05, 3.63) is 0 Å². The minimum atomic E-state index is -4.38. The summed E-state index contributed by atoms with van der Waals surface area (Å²) in [5.41, 5.74) is 5.38. The molecule has 0 bridgehead atoms. The van der Waals surface area contributed by atoms with Gasteiger partial charge in [-0.2, -0.15) is 0 Å². The van der Waals surface area contributed by atoms with Gasteiger partial charge in [0.15, 0.2) is 6.10 Å². The van der Waals surface area contributed by atoms with Crippen LogP contribution in [0.25, 0.3) is 0 Å². The monoisotopic (exact) mass is 944 g/mol. The number of carbonyl (C=O) groups is 2.